The van der Waals surface area contributed by atoms with Crippen molar-refractivity contribution in [2.45, 2.75) is 18.9 Å². The standard InChI is InChI=1S/C21H23N3O5/c25-19-6-2-1-5-18(19)21(27)24-23-12-15-7-9-16(10-8-15)29-14-20(26)22-13-17-4-3-11-28-17/h1-2,5-10,12,17,25H,3-4,11,13-14H2,(H,22,26)(H,24,27)/b23-12-/t17-/m0/s1. The lowest BCUT2D eigenvalue weighted by atomic mass is 10.2. The lowest BCUT2D eigenvalue weighted by Gasteiger charge is -2.11. The first-order valence-electron chi connectivity index (χ1n) is 9.34. The number of carbonyl (C=O) groups is 2. The molecule has 0 unspecified atom stereocenters. The van der Waals surface area contributed by atoms with Crippen molar-refractivity contribution in [1.82, 2.24) is 10.7 Å². The number of phenolic OH excluding ortho intramolecular Hbond substituents is 1. The van der Waals surface area contributed by atoms with Gasteiger partial charge in [-0.2, -0.15) is 5.10 Å². The van der Waals surface area contributed by atoms with Gasteiger partial charge in [0, 0.05) is 13.2 Å². The minimum absolute atomic E-state index is 0.0726. The molecule has 3 rings (SSSR count). The van der Waals surface area contributed by atoms with Gasteiger partial charge in [0.1, 0.15) is 11.5 Å². The highest BCUT2D eigenvalue weighted by Crippen LogP contribution is 2.15. The number of para-hydroxylation sites is 1. The van der Waals surface area contributed by atoms with E-state index >= 15 is 0 Å². The Balaban J connectivity index is 1.41. The van der Waals surface area contributed by atoms with Gasteiger partial charge in [-0.25, -0.2) is 5.43 Å². The van der Waals surface area contributed by atoms with Crippen LogP contribution in [-0.2, 0) is 9.53 Å². The molecule has 0 aliphatic carbocycles. The summed E-state index contributed by atoms with van der Waals surface area (Å²) in [6.45, 7) is 1.19. The van der Waals surface area contributed by atoms with E-state index in [-0.39, 0.29) is 29.9 Å². The van der Waals surface area contributed by atoms with E-state index in [4.69, 9.17) is 9.47 Å². The van der Waals surface area contributed by atoms with Gasteiger partial charge in [0.05, 0.1) is 17.9 Å². The second-order valence-electron chi connectivity index (χ2n) is 6.51. The third-order valence-corrected chi connectivity index (χ3v) is 4.33. The summed E-state index contributed by atoms with van der Waals surface area (Å²) in [5, 5.41) is 16.3. The van der Waals surface area contributed by atoms with Gasteiger partial charge >= 0.3 is 0 Å². The molecule has 0 aromatic heterocycles. The molecule has 1 aliphatic heterocycles. The lowest BCUT2D eigenvalue weighted by Crippen LogP contribution is -2.35. The molecule has 8 nitrogen and oxygen atoms in total. The first-order chi connectivity index (χ1) is 14.1. The predicted octanol–water partition coefficient (Wildman–Crippen LogP) is 1.83. The number of nitrogens with one attached hydrogen (secondary N) is 2. The van der Waals surface area contributed by atoms with Crippen LogP contribution in [0.2, 0.25) is 0 Å². The summed E-state index contributed by atoms with van der Waals surface area (Å²) in [6, 6.07) is 13.1. The van der Waals surface area contributed by atoms with Crippen LogP contribution >= 0.6 is 0 Å². The number of carbonyl (C=O) groups excluding carboxylic acids is 2. The summed E-state index contributed by atoms with van der Waals surface area (Å²) < 4.78 is 10.9. The maximum absolute atomic E-state index is 11.9. The Morgan fingerprint density at radius 2 is 2.00 bits per heavy atom. The fourth-order valence-corrected chi connectivity index (χ4v) is 2.77. The molecule has 2 aromatic rings. The number of hydrogen-bond donors (Lipinski definition) is 3. The van der Waals surface area contributed by atoms with Crippen LogP contribution in [0.15, 0.2) is 53.6 Å². The summed E-state index contributed by atoms with van der Waals surface area (Å²) in [5.74, 6) is -0.263. The number of benzene rings is 2. The van der Waals surface area contributed by atoms with E-state index in [1.54, 1.807) is 36.4 Å². The highest BCUT2D eigenvalue weighted by atomic mass is 16.5. The minimum atomic E-state index is -0.506. The molecule has 29 heavy (non-hydrogen) atoms. The monoisotopic (exact) mass is 397 g/mol. The van der Waals surface area contributed by atoms with E-state index in [1.807, 2.05) is 0 Å². The number of phenols is 1. The van der Waals surface area contributed by atoms with Crippen molar-refractivity contribution < 1.29 is 24.2 Å². The van der Waals surface area contributed by atoms with Crippen LogP contribution in [0, 0.1) is 0 Å². The fourth-order valence-electron chi connectivity index (χ4n) is 2.77. The molecule has 2 aromatic carbocycles. The van der Waals surface area contributed by atoms with Crippen molar-refractivity contribution in [1.29, 1.82) is 0 Å². The number of aromatic hydroxyl groups is 1. The van der Waals surface area contributed by atoms with Crippen molar-refractivity contribution in [2.24, 2.45) is 5.10 Å². The Hall–Kier alpha value is -3.39. The third kappa shape index (κ3) is 6.32. The normalized spacial score (nSPS) is 15.9. The molecule has 1 fully saturated rings. The summed E-state index contributed by atoms with van der Waals surface area (Å²) in [4.78, 5) is 23.8. The van der Waals surface area contributed by atoms with Gasteiger partial charge in [0.15, 0.2) is 6.61 Å². The molecule has 1 atom stereocenters. The van der Waals surface area contributed by atoms with Crippen LogP contribution in [-0.4, -0.2) is 49.0 Å². The van der Waals surface area contributed by atoms with E-state index in [1.165, 1.54) is 18.3 Å². The van der Waals surface area contributed by atoms with Crippen LogP contribution < -0.4 is 15.5 Å². The SMILES string of the molecule is O=C(COc1ccc(/C=N\NC(=O)c2ccccc2O)cc1)NC[C@@H]1CCCO1. The summed E-state index contributed by atoms with van der Waals surface area (Å²) in [6.07, 6.45) is 3.57. The molecule has 0 bridgehead atoms. The van der Waals surface area contributed by atoms with Crippen molar-refractivity contribution in [3.8, 4) is 11.5 Å². The van der Waals surface area contributed by atoms with E-state index in [0.29, 0.717) is 12.3 Å². The highest BCUT2D eigenvalue weighted by molar-refractivity contribution is 5.97. The van der Waals surface area contributed by atoms with Crippen molar-refractivity contribution in [3.05, 3.63) is 59.7 Å². The molecule has 3 N–H and O–H groups in total. The molecule has 0 saturated carbocycles. The first kappa shape index (κ1) is 20.3. The van der Waals surface area contributed by atoms with Crippen molar-refractivity contribution in [3.63, 3.8) is 0 Å². The fraction of sp³-hybridized carbons (Fsp3) is 0.286. The van der Waals surface area contributed by atoms with E-state index < -0.39 is 5.91 Å². The van der Waals surface area contributed by atoms with E-state index in [0.717, 1.165) is 25.0 Å². The molecule has 1 heterocycles. The second-order valence-corrected chi connectivity index (χ2v) is 6.51. The molecule has 2 amide bonds. The molecule has 8 heteroatoms. The van der Waals surface area contributed by atoms with Crippen LogP contribution in [0.25, 0.3) is 0 Å². The van der Waals surface area contributed by atoms with Crippen LogP contribution in [0.1, 0.15) is 28.8 Å². The second kappa shape index (κ2) is 10.2. The number of nitrogens with zero attached hydrogens (tertiary/aromatic N) is 1. The molecule has 0 spiro atoms. The van der Waals surface area contributed by atoms with Gasteiger partial charge < -0.3 is 19.9 Å². The smallest absolute Gasteiger partial charge is 0.275 e. The number of rotatable bonds is 8. The van der Waals surface area contributed by atoms with Crippen LogP contribution in [0.3, 0.4) is 0 Å². The number of amides is 2. The topological polar surface area (TPSA) is 109 Å². The largest absolute Gasteiger partial charge is 0.507 e. The zero-order valence-electron chi connectivity index (χ0n) is 15.8. The Bertz CT molecular complexity index is 861. The maximum Gasteiger partial charge on any atom is 0.275 e. The lowest BCUT2D eigenvalue weighted by molar-refractivity contribution is -0.123. The Labute approximate surface area is 168 Å². The number of hydrazone groups is 1. The zero-order chi connectivity index (χ0) is 20.5. The van der Waals surface area contributed by atoms with Gasteiger partial charge in [0.25, 0.3) is 11.8 Å². The minimum Gasteiger partial charge on any atom is -0.507 e. The van der Waals surface area contributed by atoms with Gasteiger partial charge in [-0.15, -0.1) is 0 Å². The molecule has 152 valence electrons. The Morgan fingerprint density at radius 3 is 2.72 bits per heavy atom. The van der Waals surface area contributed by atoms with E-state index in [9.17, 15) is 14.7 Å². The predicted molar refractivity (Wildman–Crippen MR) is 107 cm³/mol. The van der Waals surface area contributed by atoms with Gasteiger partial charge in [0.2, 0.25) is 0 Å². The maximum atomic E-state index is 11.9. The Kier molecular flexibility index (Phi) is 7.18. The molecule has 1 saturated heterocycles. The molecule has 0 radical (unpaired) electrons. The summed E-state index contributed by atoms with van der Waals surface area (Å²) >= 11 is 0. The highest BCUT2D eigenvalue weighted by Gasteiger charge is 2.16. The van der Waals surface area contributed by atoms with Crippen molar-refractivity contribution >= 4 is 18.0 Å². The zero-order valence-corrected chi connectivity index (χ0v) is 15.8. The molecule has 1 aliphatic rings. The average Bonchev–Trinajstić information content (AvgIpc) is 3.25. The third-order valence-electron chi connectivity index (χ3n) is 4.33. The Morgan fingerprint density at radius 1 is 1.21 bits per heavy atom. The van der Waals surface area contributed by atoms with E-state index in [2.05, 4.69) is 15.8 Å². The summed E-state index contributed by atoms with van der Waals surface area (Å²) in [7, 11) is 0. The quantitative estimate of drug-likeness (QED) is 0.465. The van der Waals surface area contributed by atoms with Gasteiger partial charge in [-0.3, -0.25) is 9.59 Å². The van der Waals surface area contributed by atoms with Gasteiger partial charge in [-0.1, -0.05) is 12.1 Å². The summed E-state index contributed by atoms with van der Waals surface area (Å²) in [5.41, 5.74) is 3.23. The van der Waals surface area contributed by atoms with Crippen molar-refractivity contribution in [2.75, 3.05) is 19.8 Å². The van der Waals surface area contributed by atoms with Crippen LogP contribution in [0.4, 0.5) is 0 Å². The average molecular weight is 397 g/mol. The van der Waals surface area contributed by atoms with Gasteiger partial charge in [-0.05, 0) is 54.8 Å². The first-order valence-corrected chi connectivity index (χ1v) is 9.34. The van der Waals surface area contributed by atoms with Crippen LogP contribution in [0.5, 0.6) is 11.5 Å². The molecular formula is C21H23N3O5. The number of ether oxygens (including phenoxy) is 2. The number of hydrogen-bond acceptors (Lipinski definition) is 6. The molecular weight excluding hydrogens is 374 g/mol.